The van der Waals surface area contributed by atoms with Gasteiger partial charge in [-0.25, -0.2) is 0 Å². The number of hydrogen-bond acceptors (Lipinski definition) is 7. The molecule has 0 aromatic heterocycles. The summed E-state index contributed by atoms with van der Waals surface area (Å²) < 4.78 is 87.7. The number of hydrogen-bond donors (Lipinski definition) is 5. The van der Waals surface area contributed by atoms with E-state index in [1.807, 2.05) is 0 Å². The molecule has 0 aromatic rings. The Morgan fingerprint density at radius 3 is 0.875 bits per heavy atom. The average Bonchev–Trinajstić information content (AvgIpc) is 1.45. The van der Waals surface area contributed by atoms with Gasteiger partial charge in [0.25, 0.3) is 10.8 Å². The molecule has 0 saturated heterocycles. The molecule has 0 rings (SSSR count). The molecule has 0 aromatic carbocycles. The fourth-order valence-electron chi connectivity index (χ4n) is 0. The van der Waals surface area contributed by atoms with Crippen LogP contribution in [-0.4, -0.2) is 21.3 Å². The molecule has 0 fully saturated rings. The molecule has 5 N–H and O–H groups in total. The van der Waals surface area contributed by atoms with Gasteiger partial charge in [0.2, 0.25) is 0 Å². The van der Waals surface area contributed by atoms with Crippen molar-refractivity contribution in [2.75, 3.05) is 0 Å². The van der Waals surface area contributed by atoms with Crippen LogP contribution in [0.15, 0.2) is 0 Å². The molecule has 0 amide bonds. The first-order valence-electron chi connectivity index (χ1n) is 1.87. The van der Waals surface area contributed by atoms with Gasteiger partial charge < -0.3 is 12.2 Å². The van der Waals surface area contributed by atoms with Crippen molar-refractivity contribution in [3.05, 3.63) is 0 Å². The molecule has 0 radical (unpaired) electrons. The fraction of sp³-hybridized carbons (Fsp3) is 0. The predicted molar refractivity (Wildman–Crippen MR) is 16.1 cm³/mol. The van der Waals surface area contributed by atoms with Crippen LogP contribution in [0.5, 0.6) is 0 Å². The second kappa shape index (κ2) is 16.0. The molecule has 0 unspecified atom stereocenters. The minimum atomic E-state index is -5.25. The zero-order chi connectivity index (χ0) is 12.6. The Hall–Kier alpha value is 2.91. The van der Waals surface area contributed by atoms with Crippen molar-refractivity contribution >= 4 is 0 Å². The van der Waals surface area contributed by atoms with E-state index in [9.17, 15) is 0 Å². The fourth-order valence-corrected chi connectivity index (χ4v) is 0. The molecule has 0 heterocycles. The predicted octanol–water partition coefficient (Wildman–Crippen LogP) is -11.4. The van der Waals surface area contributed by atoms with E-state index in [0.29, 0.717) is 0 Å². The van der Waals surface area contributed by atoms with Crippen molar-refractivity contribution < 1.29 is 168 Å². The normalized spacial score (nSPS) is 9.50. The maximum absolute atomic E-state index is 8.82. The molecule has 0 aliphatic carbocycles. The van der Waals surface area contributed by atoms with Crippen LogP contribution in [0.3, 0.4) is 0 Å². The average molecular weight is 385 g/mol. The summed E-state index contributed by atoms with van der Waals surface area (Å²) in [4.78, 5) is 0. The Morgan fingerprint density at radius 1 is 0.875 bits per heavy atom. The summed E-state index contributed by atoms with van der Waals surface area (Å²) in [6, 6.07) is 0. The van der Waals surface area contributed by atoms with E-state index < -0.39 is 38.0 Å². The third-order valence-corrected chi connectivity index (χ3v) is 0. The Labute approximate surface area is 164 Å². The second-order valence-corrected chi connectivity index (χ2v) is 4.30. The molecule has 0 bridgehead atoms. The van der Waals surface area contributed by atoms with Gasteiger partial charge in [-0.2, -0.15) is 0 Å². The van der Waals surface area contributed by atoms with Crippen molar-refractivity contribution in [3.8, 4) is 0 Å². The van der Waals surface area contributed by atoms with E-state index in [1.54, 1.807) is 0 Å². The van der Waals surface area contributed by atoms with Crippen LogP contribution in [-0.2, 0) is 42.4 Å². The van der Waals surface area contributed by atoms with E-state index in [2.05, 4.69) is 0 Å². The van der Waals surface area contributed by atoms with Gasteiger partial charge >= 0.3 is 140 Å². The Kier molecular flexibility index (Phi) is 31.3. The van der Waals surface area contributed by atoms with Gasteiger partial charge in [0, 0.05) is 4.66 Å². The summed E-state index contributed by atoms with van der Waals surface area (Å²) in [7, 11) is -2.60. The maximum atomic E-state index is 8.82. The van der Waals surface area contributed by atoms with Crippen molar-refractivity contribution in [1.29, 1.82) is 0 Å². The standard InChI is InChI=1S/ClHO3.2Cr.K.Na.4H2O.4O.2H/c2-1(3)4;;;;;;;;;;;;;;/h2H;;;;;4*1H2;;;;;;/q;2*+2;2*+1;;;;;;;;;2*-1/p-4. The van der Waals surface area contributed by atoms with E-state index >= 15 is 0 Å². The first-order valence-corrected chi connectivity index (χ1v) is 7.19. The monoisotopic (exact) mass is 384 g/mol. The molecule has 94 valence electrons. The van der Waals surface area contributed by atoms with Crippen LogP contribution >= 0.6 is 0 Å². The van der Waals surface area contributed by atoms with Crippen molar-refractivity contribution in [1.82, 2.24) is 0 Å². The third-order valence-electron chi connectivity index (χ3n) is 0. The summed E-state index contributed by atoms with van der Waals surface area (Å²) in [5.74, 6) is 0. The van der Waals surface area contributed by atoms with Gasteiger partial charge in [-0.05, 0) is 0 Å². The van der Waals surface area contributed by atoms with E-state index in [4.69, 9.17) is 45.8 Å². The molecule has 0 saturated carbocycles. The Morgan fingerprint density at radius 2 is 0.875 bits per heavy atom. The quantitative estimate of drug-likeness (QED) is 0.247. The molecule has 0 atom stereocenters. The molecule has 16 heteroatoms. The molecule has 0 aliphatic heterocycles. The van der Waals surface area contributed by atoms with E-state index in [0.717, 1.165) is 0 Å². The summed E-state index contributed by atoms with van der Waals surface area (Å²) in [6.07, 6.45) is 0. The summed E-state index contributed by atoms with van der Waals surface area (Å²) in [6.45, 7) is 0. The van der Waals surface area contributed by atoms with E-state index in [1.165, 1.54) is 0 Å². The van der Waals surface area contributed by atoms with Crippen molar-refractivity contribution in [2.45, 2.75) is 0 Å². The van der Waals surface area contributed by atoms with Crippen molar-refractivity contribution in [3.63, 3.8) is 0 Å². The molecule has 0 aliphatic rings. The summed E-state index contributed by atoms with van der Waals surface area (Å²) in [5.41, 5.74) is 0. The van der Waals surface area contributed by atoms with Crippen LogP contribution in [0, 0.1) is 10.8 Å². The van der Waals surface area contributed by atoms with Gasteiger partial charge in [0.05, 0.1) is 0 Å². The SMILES string of the molecule is [H-].[H-].[K+].[Na+].[O-][Cl+2]([O-])O.[O]=[Cr](=[O])([OH])[OH].[O]=[Cr](=[O])([OH])[OH]. The number of rotatable bonds is 0. The first kappa shape index (κ1) is 31.4. The van der Waals surface area contributed by atoms with Gasteiger partial charge in [0.15, 0.2) is 0 Å². The first-order chi connectivity index (χ1) is 5.73. The molecule has 16 heavy (non-hydrogen) atoms. The summed E-state index contributed by atoms with van der Waals surface area (Å²) in [5, 5.41) is 0. The minimum absolute atomic E-state index is 0. The molecular formula is H7ClCr2KNaO11. The number of halogens is 1. The zero-order valence-electron chi connectivity index (χ0n) is 9.88. The van der Waals surface area contributed by atoms with Gasteiger partial charge in [-0.3, -0.25) is 0 Å². The third kappa shape index (κ3) is 505. The zero-order valence-corrected chi connectivity index (χ0v) is 16.3. The van der Waals surface area contributed by atoms with Crippen molar-refractivity contribution in [2.24, 2.45) is 0 Å². The molecule has 11 nitrogen and oxygen atoms in total. The Bertz CT molecular complexity index is 263. The van der Waals surface area contributed by atoms with Crippen LogP contribution in [0.1, 0.15) is 2.85 Å². The van der Waals surface area contributed by atoms with Gasteiger partial charge in [-0.1, -0.05) is 0 Å². The second-order valence-electron chi connectivity index (χ2n) is 1.10. The van der Waals surface area contributed by atoms with Crippen LogP contribution in [0.4, 0.5) is 0 Å². The molecular weight excluding hydrogens is 378 g/mol. The molecule has 0 spiro atoms. The van der Waals surface area contributed by atoms with Gasteiger partial charge in [0.1, 0.15) is 0 Å². The summed E-state index contributed by atoms with van der Waals surface area (Å²) >= 11 is -10.5. The van der Waals surface area contributed by atoms with Crippen LogP contribution in [0.2, 0.25) is 0 Å². The van der Waals surface area contributed by atoms with Crippen LogP contribution in [0.25, 0.3) is 0 Å². The van der Waals surface area contributed by atoms with Crippen LogP contribution < -0.4 is 90.3 Å². The van der Waals surface area contributed by atoms with Gasteiger partial charge in [-0.15, -0.1) is 0 Å². The topological polar surface area (TPSA) is 216 Å². The Balaban J connectivity index is -0.0000000183. The van der Waals surface area contributed by atoms with E-state index in [-0.39, 0.29) is 83.8 Å².